The molecule has 3 heteroatoms. The average Bonchev–Trinajstić information content (AvgIpc) is 2.75. The minimum Gasteiger partial charge on any atom is -0.238 e. The fourth-order valence-electron chi connectivity index (χ4n) is 2.38. The van der Waals surface area contributed by atoms with Gasteiger partial charge in [0.15, 0.2) is 0 Å². The molecule has 1 aromatic heterocycles. The van der Waals surface area contributed by atoms with Crippen LogP contribution in [0.4, 0.5) is 4.39 Å². The molecule has 2 nitrogen and oxygen atoms in total. The second kappa shape index (κ2) is 5.34. The van der Waals surface area contributed by atoms with Gasteiger partial charge in [0.2, 0.25) is 5.95 Å². The Morgan fingerprint density at radius 3 is 2.50 bits per heavy atom. The molecular formula is C15H19FN2. The summed E-state index contributed by atoms with van der Waals surface area (Å²) in [5.74, 6) is 0.636. The van der Waals surface area contributed by atoms with E-state index >= 15 is 0 Å². The van der Waals surface area contributed by atoms with Crippen LogP contribution in [0.25, 0.3) is 5.69 Å². The first-order chi connectivity index (χ1) is 8.58. The summed E-state index contributed by atoms with van der Waals surface area (Å²) in [6.45, 7) is 6.64. The molecule has 0 N–H and O–H groups in total. The summed E-state index contributed by atoms with van der Waals surface area (Å²) >= 11 is 0. The minimum atomic E-state index is -0.443. The van der Waals surface area contributed by atoms with Crippen LogP contribution in [-0.2, 0) is 0 Å². The fraction of sp³-hybridized carbons (Fsp3) is 0.400. The highest BCUT2D eigenvalue weighted by Crippen LogP contribution is 2.28. The van der Waals surface area contributed by atoms with E-state index in [1.807, 2.05) is 18.2 Å². The predicted octanol–water partition coefficient (Wildman–Crippen LogP) is 4.16. The quantitative estimate of drug-likeness (QED) is 0.792. The van der Waals surface area contributed by atoms with E-state index in [9.17, 15) is 4.39 Å². The van der Waals surface area contributed by atoms with Gasteiger partial charge in [-0.05, 0) is 29.9 Å². The summed E-state index contributed by atoms with van der Waals surface area (Å²) in [5.41, 5.74) is 2.18. The molecule has 0 aliphatic heterocycles. The number of nitrogens with zero attached hydrogens (tertiary/aromatic N) is 2. The lowest BCUT2D eigenvalue weighted by atomic mass is 9.91. The zero-order valence-electron chi connectivity index (χ0n) is 11.1. The van der Waals surface area contributed by atoms with Gasteiger partial charge in [-0.25, -0.2) is 4.68 Å². The molecule has 1 atom stereocenters. The van der Waals surface area contributed by atoms with Crippen molar-refractivity contribution in [2.24, 2.45) is 5.92 Å². The van der Waals surface area contributed by atoms with Crippen LogP contribution in [0.15, 0.2) is 36.5 Å². The Kier molecular flexibility index (Phi) is 3.80. The smallest absolute Gasteiger partial charge is 0.233 e. The van der Waals surface area contributed by atoms with E-state index < -0.39 is 5.95 Å². The van der Waals surface area contributed by atoms with Crippen molar-refractivity contribution >= 4 is 0 Å². The molecule has 0 saturated carbocycles. The van der Waals surface area contributed by atoms with Gasteiger partial charge in [-0.15, -0.1) is 5.10 Å². The molecule has 2 rings (SSSR count). The van der Waals surface area contributed by atoms with Gasteiger partial charge in [0.1, 0.15) is 0 Å². The summed E-state index contributed by atoms with van der Waals surface area (Å²) < 4.78 is 14.6. The van der Waals surface area contributed by atoms with Crippen molar-refractivity contribution in [3.8, 4) is 5.69 Å². The lowest BCUT2D eigenvalue weighted by Gasteiger charge is -2.18. The van der Waals surface area contributed by atoms with Crippen LogP contribution in [0.2, 0.25) is 0 Å². The second-order valence-electron chi connectivity index (χ2n) is 5.17. The number of hydrogen-bond donors (Lipinski definition) is 0. The van der Waals surface area contributed by atoms with Gasteiger partial charge >= 0.3 is 0 Å². The maximum atomic E-state index is 13.0. The number of para-hydroxylation sites is 1. The first-order valence-corrected chi connectivity index (χ1v) is 6.38. The van der Waals surface area contributed by atoms with E-state index in [-0.39, 0.29) is 0 Å². The summed E-state index contributed by atoms with van der Waals surface area (Å²) in [4.78, 5) is 0. The fourth-order valence-corrected chi connectivity index (χ4v) is 2.38. The summed E-state index contributed by atoms with van der Waals surface area (Å²) in [7, 11) is 0. The van der Waals surface area contributed by atoms with Crippen LogP contribution in [-0.4, -0.2) is 9.78 Å². The molecule has 1 unspecified atom stereocenters. The molecule has 0 saturated heterocycles. The van der Waals surface area contributed by atoms with Crippen molar-refractivity contribution in [3.63, 3.8) is 0 Å². The lowest BCUT2D eigenvalue weighted by molar-refractivity contribution is 0.520. The van der Waals surface area contributed by atoms with Gasteiger partial charge in [0.05, 0.1) is 5.69 Å². The Bertz CT molecular complexity index is 517. The predicted molar refractivity (Wildman–Crippen MR) is 71.4 cm³/mol. The molecule has 18 heavy (non-hydrogen) atoms. The van der Waals surface area contributed by atoms with Crippen molar-refractivity contribution in [1.82, 2.24) is 9.78 Å². The summed E-state index contributed by atoms with van der Waals surface area (Å²) in [6.07, 6.45) is 2.77. The molecule has 96 valence electrons. The van der Waals surface area contributed by atoms with Crippen LogP contribution in [0.5, 0.6) is 0 Å². The van der Waals surface area contributed by atoms with Gasteiger partial charge in [-0.1, -0.05) is 39.0 Å². The van der Waals surface area contributed by atoms with Gasteiger partial charge in [0, 0.05) is 12.3 Å². The van der Waals surface area contributed by atoms with E-state index in [4.69, 9.17) is 0 Å². The lowest BCUT2D eigenvalue weighted by Crippen LogP contribution is -2.05. The average molecular weight is 246 g/mol. The molecule has 0 spiro atoms. The van der Waals surface area contributed by atoms with Crippen molar-refractivity contribution in [2.75, 3.05) is 0 Å². The van der Waals surface area contributed by atoms with E-state index in [2.05, 4.69) is 31.9 Å². The van der Waals surface area contributed by atoms with E-state index in [1.165, 1.54) is 11.6 Å². The van der Waals surface area contributed by atoms with E-state index in [1.54, 1.807) is 10.9 Å². The zero-order chi connectivity index (χ0) is 13.1. The van der Waals surface area contributed by atoms with Gasteiger partial charge in [0.25, 0.3) is 0 Å². The number of aromatic nitrogens is 2. The molecule has 0 aliphatic rings. The van der Waals surface area contributed by atoms with Crippen molar-refractivity contribution in [1.29, 1.82) is 0 Å². The second-order valence-corrected chi connectivity index (χ2v) is 5.17. The minimum absolute atomic E-state index is 0.438. The zero-order valence-corrected chi connectivity index (χ0v) is 11.1. The third kappa shape index (κ3) is 2.78. The Balaban J connectivity index is 2.36. The van der Waals surface area contributed by atoms with E-state index in [0.717, 1.165) is 12.1 Å². The molecular weight excluding hydrogens is 227 g/mol. The summed E-state index contributed by atoms with van der Waals surface area (Å²) in [5, 5.41) is 3.85. The van der Waals surface area contributed by atoms with Gasteiger partial charge < -0.3 is 0 Å². The number of halogens is 1. The van der Waals surface area contributed by atoms with Gasteiger partial charge in [-0.2, -0.15) is 4.39 Å². The molecule has 0 amide bonds. The first kappa shape index (κ1) is 12.8. The SMILES string of the molecule is CC(C)CC(C)c1ccccc1-n1ccc(F)n1. The van der Waals surface area contributed by atoms with Crippen LogP contribution in [0, 0.1) is 11.9 Å². The van der Waals surface area contributed by atoms with Crippen molar-refractivity contribution in [2.45, 2.75) is 33.1 Å². The molecule has 0 fully saturated rings. The van der Waals surface area contributed by atoms with E-state index in [0.29, 0.717) is 11.8 Å². The molecule has 1 aromatic carbocycles. The maximum Gasteiger partial charge on any atom is 0.233 e. The topological polar surface area (TPSA) is 17.8 Å². The van der Waals surface area contributed by atoms with Crippen LogP contribution < -0.4 is 0 Å². The van der Waals surface area contributed by atoms with Crippen LogP contribution in [0.1, 0.15) is 38.7 Å². The number of benzene rings is 1. The van der Waals surface area contributed by atoms with Crippen LogP contribution in [0.3, 0.4) is 0 Å². The number of hydrogen-bond acceptors (Lipinski definition) is 1. The van der Waals surface area contributed by atoms with Crippen molar-refractivity contribution in [3.05, 3.63) is 48.0 Å². The monoisotopic (exact) mass is 246 g/mol. The van der Waals surface area contributed by atoms with Crippen molar-refractivity contribution < 1.29 is 4.39 Å². The molecule has 2 aromatic rings. The summed E-state index contributed by atoms with van der Waals surface area (Å²) in [6, 6.07) is 9.44. The molecule has 0 radical (unpaired) electrons. The highest BCUT2D eigenvalue weighted by Gasteiger charge is 2.13. The van der Waals surface area contributed by atoms with Crippen LogP contribution >= 0.6 is 0 Å². The third-order valence-corrected chi connectivity index (χ3v) is 3.10. The first-order valence-electron chi connectivity index (χ1n) is 6.38. The highest BCUT2D eigenvalue weighted by atomic mass is 19.1. The molecule has 1 heterocycles. The third-order valence-electron chi connectivity index (χ3n) is 3.10. The Morgan fingerprint density at radius 2 is 1.89 bits per heavy atom. The Hall–Kier alpha value is -1.64. The highest BCUT2D eigenvalue weighted by molar-refractivity contribution is 5.42. The molecule has 0 aliphatic carbocycles. The molecule has 0 bridgehead atoms. The van der Waals surface area contributed by atoms with Gasteiger partial charge in [-0.3, -0.25) is 0 Å². The largest absolute Gasteiger partial charge is 0.238 e. The Labute approximate surface area is 107 Å². The standard InChI is InChI=1S/C15H19FN2/c1-11(2)10-12(3)13-6-4-5-7-14(13)18-9-8-15(16)17-18/h4-9,11-12H,10H2,1-3H3. The Morgan fingerprint density at radius 1 is 1.17 bits per heavy atom. The maximum absolute atomic E-state index is 13.0. The normalized spacial score (nSPS) is 12.9. The number of rotatable bonds is 4.